The molecule has 0 amide bonds. The molecule has 1 aromatic carbocycles. The summed E-state index contributed by atoms with van der Waals surface area (Å²) in [4.78, 5) is 4.32. The van der Waals surface area contributed by atoms with Crippen molar-refractivity contribution in [2.45, 2.75) is 12.2 Å². The number of likely N-dealkylation sites (N-methyl/N-ethyl adjacent to an activating group) is 1. The summed E-state index contributed by atoms with van der Waals surface area (Å²) in [5, 5.41) is 18.9. The van der Waals surface area contributed by atoms with Crippen LogP contribution in [0.15, 0.2) is 24.3 Å². The fourth-order valence-electron chi connectivity index (χ4n) is 2.63. The van der Waals surface area contributed by atoms with E-state index in [1.807, 2.05) is 14.1 Å². The third-order valence-electron chi connectivity index (χ3n) is 3.69. The largest absolute Gasteiger partial charge is 0.491 e. The zero-order valence-electron chi connectivity index (χ0n) is 13.8. The van der Waals surface area contributed by atoms with E-state index in [0.29, 0.717) is 24.5 Å². The lowest BCUT2D eigenvalue weighted by Crippen LogP contribution is -2.49. The van der Waals surface area contributed by atoms with E-state index >= 15 is 0 Å². The second-order valence-corrected chi connectivity index (χ2v) is 6.12. The molecular formula is C17H25N3O3. The van der Waals surface area contributed by atoms with Crippen molar-refractivity contribution < 1.29 is 14.6 Å². The van der Waals surface area contributed by atoms with Crippen molar-refractivity contribution >= 4 is 0 Å². The zero-order chi connectivity index (χ0) is 16.7. The number of ether oxygens (including phenoxy) is 2. The predicted octanol–water partition coefficient (Wildman–Crippen LogP) is 0.560. The van der Waals surface area contributed by atoms with E-state index in [1.165, 1.54) is 0 Å². The molecule has 0 aromatic heterocycles. The van der Waals surface area contributed by atoms with Gasteiger partial charge in [0, 0.05) is 26.2 Å². The van der Waals surface area contributed by atoms with Gasteiger partial charge >= 0.3 is 0 Å². The summed E-state index contributed by atoms with van der Waals surface area (Å²) in [5.41, 5.74) is 0.596. The maximum Gasteiger partial charge on any atom is 0.119 e. The summed E-state index contributed by atoms with van der Waals surface area (Å²) < 4.78 is 11.3. The van der Waals surface area contributed by atoms with Gasteiger partial charge in [-0.05, 0) is 38.4 Å². The quantitative estimate of drug-likeness (QED) is 0.792. The number of benzene rings is 1. The Labute approximate surface area is 137 Å². The zero-order valence-corrected chi connectivity index (χ0v) is 13.8. The van der Waals surface area contributed by atoms with Gasteiger partial charge in [0.1, 0.15) is 18.5 Å². The first-order chi connectivity index (χ1) is 11.1. The van der Waals surface area contributed by atoms with Gasteiger partial charge < -0.3 is 19.5 Å². The molecule has 0 radical (unpaired) electrons. The number of nitriles is 1. The minimum atomic E-state index is -0.552. The monoisotopic (exact) mass is 319 g/mol. The lowest BCUT2D eigenvalue weighted by molar-refractivity contribution is -0.0519. The number of nitrogens with zero attached hydrogens (tertiary/aromatic N) is 3. The van der Waals surface area contributed by atoms with Crippen molar-refractivity contribution in [1.29, 1.82) is 5.26 Å². The van der Waals surface area contributed by atoms with Crippen LogP contribution in [0.3, 0.4) is 0 Å². The minimum absolute atomic E-state index is 0.186. The van der Waals surface area contributed by atoms with E-state index in [0.717, 1.165) is 19.6 Å². The molecule has 1 heterocycles. The first-order valence-electron chi connectivity index (χ1n) is 7.86. The van der Waals surface area contributed by atoms with Crippen LogP contribution in [-0.4, -0.2) is 80.6 Å². The predicted molar refractivity (Wildman–Crippen MR) is 87.4 cm³/mol. The van der Waals surface area contributed by atoms with Gasteiger partial charge in [-0.2, -0.15) is 5.26 Å². The van der Waals surface area contributed by atoms with Gasteiger partial charge in [-0.3, -0.25) is 4.90 Å². The number of hydrogen-bond acceptors (Lipinski definition) is 6. The van der Waals surface area contributed by atoms with Crippen molar-refractivity contribution in [3.05, 3.63) is 29.8 Å². The van der Waals surface area contributed by atoms with E-state index in [2.05, 4.69) is 15.9 Å². The lowest BCUT2D eigenvalue weighted by Gasteiger charge is -2.35. The van der Waals surface area contributed by atoms with E-state index in [9.17, 15) is 5.11 Å². The molecule has 23 heavy (non-hydrogen) atoms. The van der Waals surface area contributed by atoms with Crippen LogP contribution in [0.5, 0.6) is 5.75 Å². The normalized spacial score (nSPS) is 20.2. The Hall–Kier alpha value is -1.65. The average molecular weight is 319 g/mol. The van der Waals surface area contributed by atoms with Crippen molar-refractivity contribution in [3.8, 4) is 11.8 Å². The Morgan fingerprint density at radius 2 is 2.17 bits per heavy atom. The van der Waals surface area contributed by atoms with Crippen LogP contribution in [0.25, 0.3) is 0 Å². The standard InChI is InChI=1S/C17H25N3O3/c1-19(2)11-17-12-20(7-8-22-17)10-15(21)13-23-16-5-3-14(9-18)4-6-16/h3-6,15,17,21H,7-8,10-13H2,1-2H3/t15-,17+/m0/s1. The Kier molecular flexibility index (Phi) is 6.81. The molecule has 2 atom stereocenters. The van der Waals surface area contributed by atoms with Crippen molar-refractivity contribution in [2.24, 2.45) is 0 Å². The van der Waals surface area contributed by atoms with Crippen LogP contribution in [0.4, 0.5) is 0 Å². The molecule has 0 bridgehead atoms. The van der Waals surface area contributed by atoms with Crippen LogP contribution < -0.4 is 4.74 Å². The topological polar surface area (TPSA) is 69.0 Å². The third kappa shape index (κ3) is 6.16. The number of aliphatic hydroxyl groups is 1. The smallest absolute Gasteiger partial charge is 0.119 e. The highest BCUT2D eigenvalue weighted by atomic mass is 16.5. The second-order valence-electron chi connectivity index (χ2n) is 6.12. The number of β-amino-alcohol motifs (C(OH)–C–C–N with tert-alkyl or cyclic N) is 1. The molecule has 126 valence electrons. The van der Waals surface area contributed by atoms with Crippen molar-refractivity contribution in [2.75, 3.05) is 53.5 Å². The summed E-state index contributed by atoms with van der Waals surface area (Å²) in [5.74, 6) is 0.663. The fourth-order valence-corrected chi connectivity index (χ4v) is 2.63. The molecule has 2 rings (SSSR count). The van der Waals surface area contributed by atoms with E-state index in [-0.39, 0.29) is 12.7 Å². The Morgan fingerprint density at radius 1 is 1.43 bits per heavy atom. The molecule has 0 aliphatic carbocycles. The van der Waals surface area contributed by atoms with Crippen LogP contribution >= 0.6 is 0 Å². The highest BCUT2D eigenvalue weighted by molar-refractivity contribution is 5.34. The van der Waals surface area contributed by atoms with E-state index in [4.69, 9.17) is 14.7 Å². The maximum absolute atomic E-state index is 10.2. The molecule has 0 saturated carbocycles. The van der Waals surface area contributed by atoms with Crippen LogP contribution in [0, 0.1) is 11.3 Å². The van der Waals surface area contributed by atoms with Gasteiger partial charge in [-0.1, -0.05) is 0 Å². The highest BCUT2D eigenvalue weighted by Crippen LogP contribution is 2.12. The number of morpholine rings is 1. The molecule has 1 saturated heterocycles. The summed E-state index contributed by atoms with van der Waals surface area (Å²) in [6, 6.07) is 8.96. The Morgan fingerprint density at radius 3 is 2.83 bits per heavy atom. The fraction of sp³-hybridized carbons (Fsp3) is 0.588. The van der Waals surface area contributed by atoms with Gasteiger partial charge in [0.25, 0.3) is 0 Å². The molecule has 1 fully saturated rings. The number of aliphatic hydroxyl groups excluding tert-OH is 1. The highest BCUT2D eigenvalue weighted by Gasteiger charge is 2.22. The van der Waals surface area contributed by atoms with Gasteiger partial charge in [-0.25, -0.2) is 0 Å². The lowest BCUT2D eigenvalue weighted by atomic mass is 10.2. The molecule has 1 aliphatic rings. The SMILES string of the molecule is CN(C)C[C@@H]1CN(C[C@H](O)COc2ccc(C#N)cc2)CCO1. The molecule has 0 spiro atoms. The Bertz CT molecular complexity index is 513. The van der Waals surface area contributed by atoms with Crippen LogP contribution in [-0.2, 0) is 4.74 Å². The minimum Gasteiger partial charge on any atom is -0.491 e. The molecule has 6 nitrogen and oxygen atoms in total. The van der Waals surface area contributed by atoms with Gasteiger partial charge in [-0.15, -0.1) is 0 Å². The van der Waals surface area contributed by atoms with Gasteiger partial charge in [0.05, 0.1) is 24.3 Å². The van der Waals surface area contributed by atoms with E-state index in [1.54, 1.807) is 24.3 Å². The first-order valence-corrected chi connectivity index (χ1v) is 7.86. The summed E-state index contributed by atoms with van der Waals surface area (Å²) in [6.07, 6.45) is -0.367. The van der Waals surface area contributed by atoms with Crippen LogP contribution in [0.2, 0.25) is 0 Å². The summed E-state index contributed by atoms with van der Waals surface area (Å²) in [7, 11) is 4.06. The molecule has 0 unspecified atom stereocenters. The Balaban J connectivity index is 1.73. The van der Waals surface area contributed by atoms with Gasteiger partial charge in [0.2, 0.25) is 0 Å². The van der Waals surface area contributed by atoms with E-state index < -0.39 is 6.10 Å². The van der Waals surface area contributed by atoms with Crippen molar-refractivity contribution in [3.63, 3.8) is 0 Å². The average Bonchev–Trinajstić information content (AvgIpc) is 2.53. The third-order valence-corrected chi connectivity index (χ3v) is 3.69. The number of rotatable bonds is 7. The molecule has 1 aromatic rings. The maximum atomic E-state index is 10.2. The summed E-state index contributed by atoms with van der Waals surface area (Å²) in [6.45, 7) is 4.05. The first kappa shape index (κ1) is 17.7. The number of hydrogen-bond donors (Lipinski definition) is 1. The van der Waals surface area contributed by atoms with Crippen molar-refractivity contribution in [1.82, 2.24) is 9.80 Å². The molecule has 1 aliphatic heterocycles. The molecule has 6 heteroatoms. The second kappa shape index (κ2) is 8.85. The summed E-state index contributed by atoms with van der Waals surface area (Å²) >= 11 is 0. The molecule has 1 N–H and O–H groups in total. The van der Waals surface area contributed by atoms with Crippen LogP contribution in [0.1, 0.15) is 5.56 Å². The molecular weight excluding hydrogens is 294 g/mol. The van der Waals surface area contributed by atoms with Gasteiger partial charge in [0.15, 0.2) is 0 Å².